The van der Waals surface area contributed by atoms with Crippen molar-refractivity contribution in [2.75, 3.05) is 20.2 Å². The highest BCUT2D eigenvalue weighted by Crippen LogP contribution is 2.43. The average Bonchev–Trinajstić information content (AvgIpc) is 3.44. The van der Waals surface area contributed by atoms with Crippen molar-refractivity contribution in [1.82, 2.24) is 15.1 Å². The number of hydrogen-bond donors (Lipinski definition) is 3. The molecule has 1 aliphatic heterocycles. The standard InChI is InChI=1S/C29H29N3O3/c1-35-27-16-25-21(14-22(27)17-32-12-10-24(34)11-13-32)15-26-28(30-31-29(25)26)20-4-2-18(3-5-20)19-6-8-23(33)9-7-19/h2-9,14,16,24,33-34H,10-13,15,17H2,1H3,(H,30,31). The smallest absolute Gasteiger partial charge is 0.124 e. The minimum absolute atomic E-state index is 0.167. The minimum atomic E-state index is -0.167. The van der Waals surface area contributed by atoms with Crippen molar-refractivity contribution in [3.05, 3.63) is 77.4 Å². The third-order valence-corrected chi connectivity index (χ3v) is 7.32. The number of benzene rings is 3. The van der Waals surface area contributed by atoms with E-state index < -0.39 is 0 Å². The summed E-state index contributed by atoms with van der Waals surface area (Å²) in [6, 6.07) is 20.1. The van der Waals surface area contributed by atoms with Gasteiger partial charge in [-0.25, -0.2) is 0 Å². The summed E-state index contributed by atoms with van der Waals surface area (Å²) < 4.78 is 5.78. The molecule has 0 radical (unpaired) electrons. The van der Waals surface area contributed by atoms with Crippen molar-refractivity contribution in [1.29, 1.82) is 0 Å². The Kier molecular flexibility index (Phi) is 5.55. The van der Waals surface area contributed by atoms with Gasteiger partial charge in [0, 0.05) is 48.3 Å². The Bertz CT molecular complexity index is 1350. The van der Waals surface area contributed by atoms with Gasteiger partial charge in [-0.1, -0.05) is 36.4 Å². The first-order valence-electron chi connectivity index (χ1n) is 12.2. The van der Waals surface area contributed by atoms with Crippen LogP contribution in [0.2, 0.25) is 0 Å². The number of aromatic hydroxyl groups is 1. The van der Waals surface area contributed by atoms with Gasteiger partial charge in [0.15, 0.2) is 0 Å². The Hall–Kier alpha value is -3.61. The van der Waals surface area contributed by atoms with Crippen LogP contribution in [0.15, 0.2) is 60.7 Å². The summed E-state index contributed by atoms with van der Waals surface area (Å²) in [6.07, 6.45) is 2.34. The molecule has 2 aliphatic rings. The molecule has 0 unspecified atom stereocenters. The fourth-order valence-electron chi connectivity index (χ4n) is 5.35. The summed E-state index contributed by atoms with van der Waals surface area (Å²) in [7, 11) is 1.73. The molecule has 1 aliphatic carbocycles. The lowest BCUT2D eigenvalue weighted by molar-refractivity contribution is 0.0789. The fourth-order valence-corrected chi connectivity index (χ4v) is 5.35. The monoisotopic (exact) mass is 467 g/mol. The summed E-state index contributed by atoms with van der Waals surface area (Å²) in [5, 5.41) is 27.3. The van der Waals surface area contributed by atoms with E-state index in [1.54, 1.807) is 19.2 Å². The Morgan fingerprint density at radius 3 is 2.31 bits per heavy atom. The normalized spacial score (nSPS) is 15.7. The highest BCUT2D eigenvalue weighted by Gasteiger charge is 2.27. The van der Waals surface area contributed by atoms with E-state index in [1.807, 2.05) is 12.1 Å². The van der Waals surface area contributed by atoms with E-state index >= 15 is 0 Å². The second kappa shape index (κ2) is 8.87. The summed E-state index contributed by atoms with van der Waals surface area (Å²) in [6.45, 7) is 2.66. The molecule has 1 aromatic heterocycles. The highest BCUT2D eigenvalue weighted by molar-refractivity contribution is 5.82. The average molecular weight is 468 g/mol. The maximum absolute atomic E-state index is 9.83. The van der Waals surface area contributed by atoms with Gasteiger partial charge in [-0.15, -0.1) is 0 Å². The van der Waals surface area contributed by atoms with E-state index in [0.29, 0.717) is 0 Å². The lowest BCUT2D eigenvalue weighted by Crippen LogP contribution is -2.35. The molecular weight excluding hydrogens is 438 g/mol. The van der Waals surface area contributed by atoms with Gasteiger partial charge in [-0.2, -0.15) is 5.10 Å². The summed E-state index contributed by atoms with van der Waals surface area (Å²) in [5.74, 6) is 1.17. The van der Waals surface area contributed by atoms with Crippen LogP contribution in [0.1, 0.15) is 29.5 Å². The van der Waals surface area contributed by atoms with E-state index in [1.165, 1.54) is 16.7 Å². The molecule has 6 heteroatoms. The van der Waals surface area contributed by atoms with Crippen LogP contribution >= 0.6 is 0 Å². The predicted molar refractivity (Wildman–Crippen MR) is 136 cm³/mol. The number of fused-ring (bicyclic) bond motifs is 3. The van der Waals surface area contributed by atoms with E-state index in [2.05, 4.69) is 51.5 Å². The quantitative estimate of drug-likeness (QED) is 0.339. The number of H-pyrrole nitrogens is 1. The molecule has 0 spiro atoms. The number of aromatic nitrogens is 2. The second-order valence-corrected chi connectivity index (χ2v) is 9.56. The van der Waals surface area contributed by atoms with Crippen LogP contribution in [0, 0.1) is 0 Å². The molecule has 3 N–H and O–H groups in total. The molecule has 0 bridgehead atoms. The maximum Gasteiger partial charge on any atom is 0.124 e. The van der Waals surface area contributed by atoms with E-state index in [9.17, 15) is 10.2 Å². The van der Waals surface area contributed by atoms with Crippen molar-refractivity contribution in [3.8, 4) is 45.1 Å². The second-order valence-electron chi connectivity index (χ2n) is 9.56. The molecule has 178 valence electrons. The first-order valence-corrected chi connectivity index (χ1v) is 12.2. The number of aromatic amines is 1. The van der Waals surface area contributed by atoms with Crippen LogP contribution in [0.25, 0.3) is 33.6 Å². The number of phenolic OH excluding ortho intramolecular Hbond substituents is 1. The Morgan fingerprint density at radius 2 is 1.63 bits per heavy atom. The number of nitrogens with one attached hydrogen (secondary N) is 1. The summed E-state index contributed by atoms with van der Waals surface area (Å²) in [5.41, 5.74) is 10.2. The number of nitrogens with zero attached hydrogens (tertiary/aromatic N) is 2. The molecule has 0 amide bonds. The van der Waals surface area contributed by atoms with Gasteiger partial charge in [-0.05, 0) is 53.8 Å². The van der Waals surface area contributed by atoms with Crippen molar-refractivity contribution in [2.24, 2.45) is 0 Å². The van der Waals surface area contributed by atoms with Gasteiger partial charge in [0.05, 0.1) is 24.6 Å². The van der Waals surface area contributed by atoms with Crippen molar-refractivity contribution >= 4 is 0 Å². The maximum atomic E-state index is 9.83. The number of hydrogen-bond acceptors (Lipinski definition) is 5. The van der Waals surface area contributed by atoms with Gasteiger partial charge in [-0.3, -0.25) is 10.00 Å². The number of phenols is 1. The molecule has 0 atom stereocenters. The van der Waals surface area contributed by atoms with Crippen LogP contribution in [0.4, 0.5) is 0 Å². The van der Waals surface area contributed by atoms with E-state index in [0.717, 1.165) is 78.3 Å². The molecule has 6 nitrogen and oxygen atoms in total. The number of ether oxygens (including phenoxy) is 1. The zero-order valence-corrected chi connectivity index (χ0v) is 19.8. The van der Waals surface area contributed by atoms with E-state index in [4.69, 9.17) is 4.74 Å². The fraction of sp³-hybridized carbons (Fsp3) is 0.276. The first kappa shape index (κ1) is 21.9. The SMILES string of the molecule is COc1cc2c(cc1CN1CCC(O)CC1)Cc1c(-c3ccc(-c4ccc(O)cc4)cc3)n[nH]c1-2. The molecule has 1 fully saturated rings. The molecule has 1 saturated heterocycles. The zero-order valence-electron chi connectivity index (χ0n) is 19.8. The topological polar surface area (TPSA) is 81.6 Å². The molecule has 6 rings (SSSR count). The van der Waals surface area contributed by atoms with Crippen molar-refractivity contribution in [2.45, 2.75) is 31.9 Å². The molecular formula is C29H29N3O3. The zero-order chi connectivity index (χ0) is 23.9. The third kappa shape index (κ3) is 4.09. The Balaban J connectivity index is 1.27. The predicted octanol–water partition coefficient (Wildman–Crippen LogP) is 4.99. The summed E-state index contributed by atoms with van der Waals surface area (Å²) in [4.78, 5) is 2.40. The largest absolute Gasteiger partial charge is 0.508 e. The lowest BCUT2D eigenvalue weighted by atomic mass is 10.0. The van der Waals surface area contributed by atoms with Gasteiger partial charge < -0.3 is 14.9 Å². The molecule has 4 aromatic rings. The molecule has 2 heterocycles. The first-order chi connectivity index (χ1) is 17.1. The van der Waals surface area contributed by atoms with Crippen molar-refractivity contribution in [3.63, 3.8) is 0 Å². The highest BCUT2D eigenvalue weighted by atomic mass is 16.5. The van der Waals surface area contributed by atoms with Crippen LogP contribution in [-0.2, 0) is 13.0 Å². The van der Waals surface area contributed by atoms with Crippen LogP contribution in [0.3, 0.4) is 0 Å². The van der Waals surface area contributed by atoms with Gasteiger partial charge in [0.2, 0.25) is 0 Å². The van der Waals surface area contributed by atoms with Gasteiger partial charge in [0.1, 0.15) is 11.5 Å². The molecule has 35 heavy (non-hydrogen) atoms. The lowest BCUT2D eigenvalue weighted by Gasteiger charge is -2.30. The Labute approximate surface area is 204 Å². The number of aliphatic hydroxyl groups excluding tert-OH is 1. The number of aliphatic hydroxyl groups is 1. The van der Waals surface area contributed by atoms with Crippen LogP contribution in [0.5, 0.6) is 11.5 Å². The molecule has 3 aromatic carbocycles. The number of likely N-dealkylation sites (tertiary alicyclic amines) is 1. The van der Waals surface area contributed by atoms with Gasteiger partial charge >= 0.3 is 0 Å². The van der Waals surface area contributed by atoms with Crippen LogP contribution in [-0.4, -0.2) is 51.6 Å². The van der Waals surface area contributed by atoms with Crippen LogP contribution < -0.4 is 4.74 Å². The third-order valence-electron chi connectivity index (χ3n) is 7.32. The summed E-state index contributed by atoms with van der Waals surface area (Å²) >= 11 is 0. The minimum Gasteiger partial charge on any atom is -0.508 e. The number of methoxy groups -OCH3 is 1. The number of piperidine rings is 1. The Morgan fingerprint density at radius 1 is 0.971 bits per heavy atom. The van der Waals surface area contributed by atoms with Crippen molar-refractivity contribution < 1.29 is 14.9 Å². The van der Waals surface area contributed by atoms with E-state index in [-0.39, 0.29) is 11.9 Å². The van der Waals surface area contributed by atoms with Gasteiger partial charge in [0.25, 0.3) is 0 Å². The number of rotatable bonds is 5. The molecule has 0 saturated carbocycles.